The van der Waals surface area contributed by atoms with Crippen LogP contribution in [0, 0.1) is 10.1 Å². The minimum Gasteiger partial charge on any atom is -0.378 e. The van der Waals surface area contributed by atoms with Gasteiger partial charge in [0.1, 0.15) is 0 Å². The van der Waals surface area contributed by atoms with Crippen molar-refractivity contribution in [1.29, 1.82) is 0 Å². The van der Waals surface area contributed by atoms with Gasteiger partial charge in [-0.1, -0.05) is 12.1 Å². The molecule has 0 aliphatic carbocycles. The first kappa shape index (κ1) is 21.9. The topological polar surface area (TPSA) is 85.3 Å². The fourth-order valence-corrected chi connectivity index (χ4v) is 4.43. The highest BCUT2D eigenvalue weighted by molar-refractivity contribution is 7.07. The summed E-state index contributed by atoms with van der Waals surface area (Å²) in [5.41, 5.74) is 4.83. The Balaban J connectivity index is 1.67. The molecule has 2 heterocycles. The summed E-state index contributed by atoms with van der Waals surface area (Å²) >= 11 is 1.50. The van der Waals surface area contributed by atoms with Gasteiger partial charge in [0.05, 0.1) is 29.5 Å². The standard InChI is InChI=1S/C23H25N5O3S/c1-3-24-23-27(22(16-32-23)19-6-10-21(11-7-19)28(29)30)25-17(2)18-4-8-20(9-5-18)26-12-14-31-15-13-26/h4-11,16H,3,12-15H2,1-2H3. The summed E-state index contributed by atoms with van der Waals surface area (Å²) in [5, 5.41) is 17.8. The molecule has 0 atom stereocenters. The molecule has 8 nitrogen and oxygen atoms in total. The molecule has 0 saturated carbocycles. The van der Waals surface area contributed by atoms with Crippen molar-refractivity contribution in [2.75, 3.05) is 37.7 Å². The van der Waals surface area contributed by atoms with Crippen molar-refractivity contribution >= 4 is 28.4 Å². The third kappa shape index (κ3) is 4.79. The molecular formula is C23H25N5O3S. The Bertz CT molecular complexity index is 1170. The highest BCUT2D eigenvalue weighted by Crippen LogP contribution is 2.24. The smallest absolute Gasteiger partial charge is 0.269 e. The highest BCUT2D eigenvalue weighted by atomic mass is 32.1. The van der Waals surface area contributed by atoms with Gasteiger partial charge >= 0.3 is 0 Å². The molecule has 0 amide bonds. The molecule has 166 valence electrons. The Kier molecular flexibility index (Phi) is 6.77. The van der Waals surface area contributed by atoms with Gasteiger partial charge in [-0.3, -0.25) is 15.1 Å². The van der Waals surface area contributed by atoms with Crippen LogP contribution in [0.15, 0.2) is 64.0 Å². The van der Waals surface area contributed by atoms with Gasteiger partial charge in [-0.25, -0.2) is 4.68 Å². The number of rotatable bonds is 6. The van der Waals surface area contributed by atoms with E-state index in [0.29, 0.717) is 6.54 Å². The lowest BCUT2D eigenvalue weighted by Crippen LogP contribution is -2.36. The molecule has 1 aromatic heterocycles. The van der Waals surface area contributed by atoms with Crippen molar-refractivity contribution in [3.8, 4) is 11.3 Å². The van der Waals surface area contributed by atoms with Gasteiger partial charge in [0, 0.05) is 48.4 Å². The zero-order chi connectivity index (χ0) is 22.5. The van der Waals surface area contributed by atoms with E-state index in [2.05, 4.69) is 34.2 Å². The quantitative estimate of drug-likeness (QED) is 0.320. The van der Waals surface area contributed by atoms with E-state index in [0.717, 1.165) is 53.6 Å². The van der Waals surface area contributed by atoms with Crippen LogP contribution in [0.1, 0.15) is 19.4 Å². The number of morpholine rings is 1. The molecule has 4 rings (SSSR count). The zero-order valence-corrected chi connectivity index (χ0v) is 18.9. The Labute approximate surface area is 190 Å². The molecule has 1 aliphatic rings. The zero-order valence-electron chi connectivity index (χ0n) is 18.1. The molecule has 32 heavy (non-hydrogen) atoms. The summed E-state index contributed by atoms with van der Waals surface area (Å²) in [6.45, 7) is 7.91. The Hall–Kier alpha value is -3.30. The van der Waals surface area contributed by atoms with Crippen LogP contribution in [-0.4, -0.2) is 48.2 Å². The molecule has 1 saturated heterocycles. The van der Waals surface area contributed by atoms with Gasteiger partial charge in [0.25, 0.3) is 5.69 Å². The lowest BCUT2D eigenvalue weighted by molar-refractivity contribution is -0.384. The Morgan fingerprint density at radius 1 is 1.12 bits per heavy atom. The van der Waals surface area contributed by atoms with Gasteiger partial charge in [-0.2, -0.15) is 5.10 Å². The summed E-state index contributed by atoms with van der Waals surface area (Å²) < 4.78 is 7.25. The first-order valence-corrected chi connectivity index (χ1v) is 11.4. The van der Waals surface area contributed by atoms with Crippen molar-refractivity contribution in [3.63, 3.8) is 0 Å². The summed E-state index contributed by atoms with van der Waals surface area (Å²) in [5.74, 6) is 0. The van der Waals surface area contributed by atoms with Gasteiger partial charge in [-0.15, -0.1) is 11.3 Å². The number of nitro groups is 1. The van der Waals surface area contributed by atoms with Crippen LogP contribution in [0.3, 0.4) is 0 Å². The molecule has 0 spiro atoms. The normalized spacial score (nSPS) is 15.2. The second kappa shape index (κ2) is 9.88. The predicted molar refractivity (Wildman–Crippen MR) is 128 cm³/mol. The van der Waals surface area contributed by atoms with Crippen LogP contribution in [-0.2, 0) is 4.74 Å². The van der Waals surface area contributed by atoms with Crippen molar-refractivity contribution in [2.45, 2.75) is 13.8 Å². The maximum atomic E-state index is 11.0. The van der Waals surface area contributed by atoms with E-state index < -0.39 is 4.92 Å². The van der Waals surface area contributed by atoms with Crippen LogP contribution in [0.2, 0.25) is 0 Å². The predicted octanol–water partition coefficient (Wildman–Crippen LogP) is 4.15. The summed E-state index contributed by atoms with van der Waals surface area (Å²) in [4.78, 5) is 18.3. The number of aromatic nitrogens is 1. The van der Waals surface area contributed by atoms with Crippen molar-refractivity contribution in [1.82, 2.24) is 4.68 Å². The fourth-order valence-electron chi connectivity index (χ4n) is 3.53. The van der Waals surface area contributed by atoms with Crippen LogP contribution >= 0.6 is 11.3 Å². The minimum atomic E-state index is -0.397. The molecule has 0 unspecified atom stereocenters. The molecular weight excluding hydrogens is 426 g/mol. The maximum Gasteiger partial charge on any atom is 0.269 e. The molecule has 9 heteroatoms. The van der Waals surface area contributed by atoms with Gasteiger partial charge in [-0.05, 0) is 43.7 Å². The van der Waals surface area contributed by atoms with Gasteiger partial charge in [0.2, 0.25) is 4.80 Å². The van der Waals surface area contributed by atoms with Crippen molar-refractivity contribution in [2.24, 2.45) is 10.1 Å². The van der Waals surface area contributed by atoms with E-state index in [-0.39, 0.29) is 5.69 Å². The molecule has 2 aromatic carbocycles. The first-order chi connectivity index (χ1) is 15.6. The largest absolute Gasteiger partial charge is 0.378 e. The number of benzene rings is 2. The van der Waals surface area contributed by atoms with E-state index in [1.165, 1.54) is 29.2 Å². The third-order valence-electron chi connectivity index (χ3n) is 5.26. The minimum absolute atomic E-state index is 0.0639. The average molecular weight is 452 g/mol. The summed E-state index contributed by atoms with van der Waals surface area (Å²) in [6, 6.07) is 14.9. The van der Waals surface area contributed by atoms with Crippen LogP contribution in [0.4, 0.5) is 11.4 Å². The molecule has 0 radical (unpaired) electrons. The van der Waals surface area contributed by atoms with Crippen molar-refractivity contribution in [3.05, 3.63) is 74.4 Å². The number of non-ortho nitro benzene ring substituents is 1. The van der Waals surface area contributed by atoms with Crippen LogP contribution in [0.5, 0.6) is 0 Å². The van der Waals surface area contributed by atoms with Gasteiger partial charge < -0.3 is 9.64 Å². The third-order valence-corrected chi connectivity index (χ3v) is 6.12. The monoisotopic (exact) mass is 451 g/mol. The number of hydrogen-bond acceptors (Lipinski definition) is 7. The number of nitro benzene ring substituents is 1. The molecule has 1 fully saturated rings. The number of ether oxygens (including phenoxy) is 1. The van der Waals surface area contributed by atoms with E-state index in [4.69, 9.17) is 9.84 Å². The van der Waals surface area contributed by atoms with Crippen LogP contribution < -0.4 is 9.70 Å². The Morgan fingerprint density at radius 3 is 2.44 bits per heavy atom. The first-order valence-electron chi connectivity index (χ1n) is 10.5. The van der Waals surface area contributed by atoms with Crippen LogP contribution in [0.25, 0.3) is 11.3 Å². The van der Waals surface area contributed by atoms with Gasteiger partial charge in [0.15, 0.2) is 0 Å². The number of thiazole rings is 1. The molecule has 3 aromatic rings. The number of nitrogens with zero attached hydrogens (tertiary/aromatic N) is 5. The SMILES string of the molecule is CCN=c1scc(-c2ccc([N+](=O)[O-])cc2)n1N=C(C)c1ccc(N2CCOCC2)cc1. The lowest BCUT2D eigenvalue weighted by atomic mass is 10.1. The second-order valence-corrected chi connectivity index (χ2v) is 8.16. The second-order valence-electron chi connectivity index (χ2n) is 7.33. The summed E-state index contributed by atoms with van der Waals surface area (Å²) in [7, 11) is 0. The Morgan fingerprint density at radius 2 is 1.81 bits per heavy atom. The fraction of sp³-hybridized carbons (Fsp3) is 0.304. The maximum absolute atomic E-state index is 11.0. The van der Waals surface area contributed by atoms with E-state index in [1.807, 2.05) is 23.9 Å². The molecule has 0 bridgehead atoms. The van der Waals surface area contributed by atoms with Crippen molar-refractivity contribution < 1.29 is 9.66 Å². The number of anilines is 1. The lowest BCUT2D eigenvalue weighted by Gasteiger charge is -2.28. The van der Waals surface area contributed by atoms with E-state index in [9.17, 15) is 10.1 Å². The number of hydrogen-bond donors (Lipinski definition) is 0. The highest BCUT2D eigenvalue weighted by Gasteiger charge is 2.13. The molecule has 0 N–H and O–H groups in total. The average Bonchev–Trinajstić information content (AvgIpc) is 3.22. The molecule has 1 aliphatic heterocycles. The van der Waals surface area contributed by atoms with E-state index in [1.54, 1.807) is 12.1 Å². The summed E-state index contributed by atoms with van der Waals surface area (Å²) in [6.07, 6.45) is 0. The van der Waals surface area contributed by atoms with E-state index >= 15 is 0 Å².